The Morgan fingerprint density at radius 3 is 1.88 bits per heavy atom. The van der Waals surface area contributed by atoms with Crippen molar-refractivity contribution in [3.05, 3.63) is 80.3 Å². The normalized spacial score (nSPS) is 22.1. The van der Waals surface area contributed by atoms with Gasteiger partial charge in [-0.3, -0.25) is 0 Å². The molecule has 2 unspecified atom stereocenters. The Bertz CT molecular complexity index is 911. The zero-order chi connectivity index (χ0) is 18.3. The molecule has 4 nitrogen and oxygen atoms in total. The van der Waals surface area contributed by atoms with Crippen molar-refractivity contribution in [1.82, 2.24) is 19.9 Å². The SMILES string of the molecule is Clc1cc(C2C[C@H](c3ccccc3)C2c2cc(Cl)nc(Cl)n2)nc(Cl)n1. The summed E-state index contributed by atoms with van der Waals surface area (Å²) in [5.41, 5.74) is 2.80. The van der Waals surface area contributed by atoms with E-state index in [1.807, 2.05) is 18.2 Å². The largest absolute Gasteiger partial charge is 0.224 e. The standard InChI is InChI=1S/C18H12Cl4N4/c19-14-7-12(23-17(21)25-14)11-6-10(9-4-2-1-3-5-9)16(11)13-8-15(20)26-18(22)24-13/h1-5,7-8,10-11,16H,6H2/t10-,11?,16?/m1/s1. The van der Waals surface area contributed by atoms with Gasteiger partial charge in [-0.05, 0) is 53.2 Å². The van der Waals surface area contributed by atoms with Crippen molar-refractivity contribution in [1.29, 1.82) is 0 Å². The zero-order valence-electron chi connectivity index (χ0n) is 13.3. The van der Waals surface area contributed by atoms with Crippen LogP contribution in [0.15, 0.2) is 42.5 Å². The van der Waals surface area contributed by atoms with Crippen molar-refractivity contribution in [2.24, 2.45) is 0 Å². The van der Waals surface area contributed by atoms with Gasteiger partial charge in [0.2, 0.25) is 10.6 Å². The van der Waals surface area contributed by atoms with Crippen LogP contribution in [0.3, 0.4) is 0 Å². The van der Waals surface area contributed by atoms with Crippen molar-refractivity contribution in [2.75, 3.05) is 0 Å². The van der Waals surface area contributed by atoms with Crippen LogP contribution in [-0.4, -0.2) is 19.9 Å². The highest BCUT2D eigenvalue weighted by molar-refractivity contribution is 6.32. The number of hydrogen-bond donors (Lipinski definition) is 0. The van der Waals surface area contributed by atoms with Crippen LogP contribution in [0.5, 0.6) is 0 Å². The second kappa shape index (κ2) is 7.28. The molecule has 0 amide bonds. The molecule has 1 aliphatic carbocycles. The Balaban J connectivity index is 1.77. The minimum atomic E-state index is 0.0393. The third-order valence-electron chi connectivity index (χ3n) is 4.70. The van der Waals surface area contributed by atoms with Gasteiger partial charge in [-0.1, -0.05) is 53.5 Å². The highest BCUT2D eigenvalue weighted by Crippen LogP contribution is 2.57. The number of nitrogens with zero attached hydrogens (tertiary/aromatic N) is 4. The number of halogens is 4. The second-order valence-corrected chi connectivity index (χ2v) is 7.60. The predicted molar refractivity (Wildman–Crippen MR) is 103 cm³/mol. The average molecular weight is 426 g/mol. The van der Waals surface area contributed by atoms with E-state index in [-0.39, 0.29) is 28.3 Å². The fourth-order valence-electron chi connectivity index (χ4n) is 3.59. The molecular formula is C18H12Cl4N4. The molecule has 0 spiro atoms. The van der Waals surface area contributed by atoms with E-state index in [4.69, 9.17) is 46.4 Å². The Hall–Kier alpha value is -1.46. The van der Waals surface area contributed by atoms with Gasteiger partial charge in [0.25, 0.3) is 0 Å². The number of rotatable bonds is 3. The number of aromatic nitrogens is 4. The molecule has 2 aromatic heterocycles. The highest BCUT2D eigenvalue weighted by atomic mass is 35.5. The molecule has 0 saturated heterocycles. The van der Waals surface area contributed by atoms with Gasteiger partial charge in [-0.15, -0.1) is 0 Å². The van der Waals surface area contributed by atoms with Gasteiger partial charge in [0.1, 0.15) is 10.3 Å². The summed E-state index contributed by atoms with van der Waals surface area (Å²) in [4.78, 5) is 16.7. The van der Waals surface area contributed by atoms with E-state index in [9.17, 15) is 0 Å². The summed E-state index contributed by atoms with van der Waals surface area (Å²) in [5.74, 6) is 0.383. The van der Waals surface area contributed by atoms with Crippen LogP contribution in [0, 0.1) is 0 Å². The summed E-state index contributed by atoms with van der Waals surface area (Å²) in [6.07, 6.45) is 0.887. The lowest BCUT2D eigenvalue weighted by Gasteiger charge is -2.44. The number of hydrogen-bond acceptors (Lipinski definition) is 4. The minimum absolute atomic E-state index is 0.0393. The van der Waals surface area contributed by atoms with E-state index in [1.165, 1.54) is 5.56 Å². The van der Waals surface area contributed by atoms with E-state index in [2.05, 4.69) is 32.1 Å². The van der Waals surface area contributed by atoms with Gasteiger partial charge in [0.05, 0.1) is 11.4 Å². The zero-order valence-corrected chi connectivity index (χ0v) is 16.3. The second-order valence-electron chi connectivity index (χ2n) is 6.15. The van der Waals surface area contributed by atoms with Crippen LogP contribution in [0.4, 0.5) is 0 Å². The first-order chi connectivity index (χ1) is 12.5. The van der Waals surface area contributed by atoms with E-state index in [0.717, 1.165) is 17.8 Å². The smallest absolute Gasteiger partial charge is 0.223 e. The molecule has 1 aromatic carbocycles. The van der Waals surface area contributed by atoms with E-state index in [0.29, 0.717) is 10.3 Å². The molecule has 3 aromatic rings. The molecule has 0 bridgehead atoms. The molecule has 4 rings (SSSR count). The third-order valence-corrected chi connectivity index (χ3v) is 5.42. The fraction of sp³-hybridized carbons (Fsp3) is 0.222. The summed E-state index contributed by atoms with van der Waals surface area (Å²) >= 11 is 24.2. The van der Waals surface area contributed by atoms with Gasteiger partial charge in [0.15, 0.2) is 0 Å². The molecule has 3 atom stereocenters. The highest BCUT2D eigenvalue weighted by Gasteiger charge is 2.45. The maximum atomic E-state index is 6.11. The van der Waals surface area contributed by atoms with Gasteiger partial charge < -0.3 is 0 Å². The first-order valence-corrected chi connectivity index (χ1v) is 9.47. The summed E-state index contributed by atoms with van der Waals surface area (Å²) in [7, 11) is 0. The van der Waals surface area contributed by atoms with Crippen LogP contribution in [-0.2, 0) is 0 Å². The molecule has 1 fully saturated rings. The molecule has 2 heterocycles. The maximum absolute atomic E-state index is 6.11. The van der Waals surface area contributed by atoms with Crippen LogP contribution in [0.2, 0.25) is 20.9 Å². The Labute approximate surface area is 170 Å². The molecule has 1 aliphatic rings. The summed E-state index contributed by atoms with van der Waals surface area (Å²) in [5, 5.41) is 0.897. The summed E-state index contributed by atoms with van der Waals surface area (Å²) < 4.78 is 0. The Morgan fingerprint density at radius 2 is 1.27 bits per heavy atom. The van der Waals surface area contributed by atoms with E-state index < -0.39 is 0 Å². The Morgan fingerprint density at radius 1 is 0.692 bits per heavy atom. The van der Waals surface area contributed by atoms with Gasteiger partial charge in [-0.2, -0.15) is 0 Å². The molecule has 26 heavy (non-hydrogen) atoms. The van der Waals surface area contributed by atoms with Crippen molar-refractivity contribution in [3.8, 4) is 0 Å². The molecule has 0 aliphatic heterocycles. The molecule has 132 valence electrons. The minimum Gasteiger partial charge on any atom is -0.223 e. The van der Waals surface area contributed by atoms with Crippen LogP contribution in [0.1, 0.15) is 41.1 Å². The molecule has 8 heteroatoms. The lowest BCUT2D eigenvalue weighted by molar-refractivity contribution is 0.274. The molecular weight excluding hydrogens is 414 g/mol. The van der Waals surface area contributed by atoms with Crippen LogP contribution < -0.4 is 0 Å². The molecule has 0 N–H and O–H groups in total. The quantitative estimate of drug-likeness (QED) is 0.385. The first kappa shape index (κ1) is 17.9. The van der Waals surface area contributed by atoms with E-state index in [1.54, 1.807) is 12.1 Å². The van der Waals surface area contributed by atoms with Crippen molar-refractivity contribution >= 4 is 46.4 Å². The average Bonchev–Trinajstić information content (AvgIpc) is 2.53. The first-order valence-electron chi connectivity index (χ1n) is 7.96. The van der Waals surface area contributed by atoms with Crippen molar-refractivity contribution in [2.45, 2.75) is 24.2 Å². The topological polar surface area (TPSA) is 51.6 Å². The molecule has 0 radical (unpaired) electrons. The van der Waals surface area contributed by atoms with Crippen molar-refractivity contribution < 1.29 is 0 Å². The maximum Gasteiger partial charge on any atom is 0.224 e. The van der Waals surface area contributed by atoms with Gasteiger partial charge in [0, 0.05) is 11.8 Å². The lowest BCUT2D eigenvalue weighted by Crippen LogP contribution is -2.32. The van der Waals surface area contributed by atoms with E-state index >= 15 is 0 Å². The predicted octanol–water partition coefficient (Wildman–Crippen LogP) is 5.94. The van der Waals surface area contributed by atoms with Gasteiger partial charge in [-0.25, -0.2) is 19.9 Å². The fourth-order valence-corrected chi connectivity index (χ4v) is 4.43. The third kappa shape index (κ3) is 3.52. The van der Waals surface area contributed by atoms with Gasteiger partial charge >= 0.3 is 0 Å². The lowest BCUT2D eigenvalue weighted by atomic mass is 9.59. The Kier molecular flexibility index (Phi) is 5.02. The summed E-state index contributed by atoms with van der Waals surface area (Å²) in [6, 6.07) is 13.8. The van der Waals surface area contributed by atoms with Crippen LogP contribution >= 0.6 is 46.4 Å². The number of benzene rings is 1. The monoisotopic (exact) mass is 424 g/mol. The molecule has 1 saturated carbocycles. The van der Waals surface area contributed by atoms with Crippen LogP contribution in [0.25, 0.3) is 0 Å². The van der Waals surface area contributed by atoms with Crippen molar-refractivity contribution in [3.63, 3.8) is 0 Å². The summed E-state index contributed by atoms with van der Waals surface area (Å²) in [6.45, 7) is 0.